The fourth-order valence-electron chi connectivity index (χ4n) is 3.48. The Morgan fingerprint density at radius 2 is 1.83 bits per heavy atom. The Bertz CT molecular complexity index is 1030. The van der Waals surface area contributed by atoms with E-state index in [1.165, 1.54) is 12.1 Å². The van der Waals surface area contributed by atoms with Gasteiger partial charge >= 0.3 is 0 Å². The highest BCUT2D eigenvalue weighted by molar-refractivity contribution is 6.30. The van der Waals surface area contributed by atoms with Gasteiger partial charge in [0.15, 0.2) is 11.4 Å². The van der Waals surface area contributed by atoms with Crippen LogP contribution < -0.4 is 9.64 Å². The van der Waals surface area contributed by atoms with E-state index < -0.39 is 0 Å². The zero-order valence-electron chi connectivity index (χ0n) is 16.6. The minimum absolute atomic E-state index is 0.176. The maximum absolute atomic E-state index is 13.2. The van der Waals surface area contributed by atoms with Crippen LogP contribution in [0.5, 0.6) is 5.75 Å². The molecule has 0 spiro atoms. The van der Waals surface area contributed by atoms with E-state index in [4.69, 9.17) is 16.3 Å². The quantitative estimate of drug-likeness (QED) is 0.615. The number of hydrogen-bond acceptors (Lipinski definition) is 4. The lowest BCUT2D eigenvalue weighted by molar-refractivity contribution is 0.0736. The van der Waals surface area contributed by atoms with E-state index in [9.17, 15) is 9.18 Å². The number of anilines is 1. The number of benzene rings is 2. The summed E-state index contributed by atoms with van der Waals surface area (Å²) in [6.07, 6.45) is 1.66. The Balaban J connectivity index is 1.51. The smallest absolute Gasteiger partial charge is 0.278 e. The van der Waals surface area contributed by atoms with Crippen molar-refractivity contribution in [2.75, 3.05) is 37.7 Å². The molecular weight excluding hydrogens is 407 g/mol. The number of rotatable bonds is 5. The van der Waals surface area contributed by atoms with E-state index >= 15 is 0 Å². The second-order valence-electron chi connectivity index (χ2n) is 6.96. The van der Waals surface area contributed by atoms with Crippen LogP contribution in [0, 0.1) is 5.82 Å². The summed E-state index contributed by atoms with van der Waals surface area (Å²) in [5.74, 6) is -0.0843. The minimum Gasteiger partial charge on any atom is -0.490 e. The van der Waals surface area contributed by atoms with Crippen molar-refractivity contribution in [2.45, 2.75) is 6.92 Å². The SMILES string of the molecule is CCOc1cn(-c2ccc(F)cc2)nc1C(=O)N1CCN(c2cccc(Cl)c2)CC1. The first-order valence-electron chi connectivity index (χ1n) is 9.83. The van der Waals surface area contributed by atoms with Gasteiger partial charge in [0.2, 0.25) is 0 Å². The Hall–Kier alpha value is -3.06. The van der Waals surface area contributed by atoms with Crippen molar-refractivity contribution in [2.24, 2.45) is 0 Å². The largest absolute Gasteiger partial charge is 0.490 e. The molecule has 156 valence electrons. The summed E-state index contributed by atoms with van der Waals surface area (Å²) in [6, 6.07) is 13.6. The van der Waals surface area contributed by atoms with E-state index in [2.05, 4.69) is 10.00 Å². The molecule has 6 nitrogen and oxygen atoms in total. The van der Waals surface area contributed by atoms with Gasteiger partial charge in [-0.1, -0.05) is 17.7 Å². The number of ether oxygens (including phenoxy) is 1. The summed E-state index contributed by atoms with van der Waals surface area (Å²) < 4.78 is 20.4. The average molecular weight is 429 g/mol. The number of aromatic nitrogens is 2. The molecule has 3 aromatic rings. The number of amides is 1. The standard InChI is InChI=1S/C22H22ClFN4O2/c1-2-30-20-15-28(18-8-6-17(24)7-9-18)25-21(20)22(29)27-12-10-26(11-13-27)19-5-3-4-16(23)14-19/h3-9,14-15H,2,10-13H2,1H3. The number of carbonyl (C=O) groups excluding carboxylic acids is 1. The van der Waals surface area contributed by atoms with Gasteiger partial charge in [-0.05, 0) is 49.4 Å². The van der Waals surface area contributed by atoms with Crippen molar-refractivity contribution in [1.29, 1.82) is 0 Å². The molecule has 2 heterocycles. The van der Waals surface area contributed by atoms with E-state index in [1.54, 1.807) is 27.9 Å². The van der Waals surface area contributed by atoms with Gasteiger partial charge in [-0.3, -0.25) is 4.79 Å². The molecule has 4 rings (SSSR count). The highest BCUT2D eigenvalue weighted by Crippen LogP contribution is 2.24. The van der Waals surface area contributed by atoms with Gasteiger partial charge in [0.25, 0.3) is 5.91 Å². The summed E-state index contributed by atoms with van der Waals surface area (Å²) in [6.45, 7) is 4.81. The second kappa shape index (κ2) is 8.75. The monoisotopic (exact) mass is 428 g/mol. The van der Waals surface area contributed by atoms with Gasteiger partial charge < -0.3 is 14.5 Å². The average Bonchev–Trinajstić information content (AvgIpc) is 3.18. The van der Waals surface area contributed by atoms with E-state index in [0.717, 1.165) is 5.69 Å². The van der Waals surface area contributed by atoms with Crippen LogP contribution >= 0.6 is 11.6 Å². The number of hydrogen-bond donors (Lipinski definition) is 0. The predicted octanol–water partition coefficient (Wildman–Crippen LogP) is 4.03. The molecule has 1 fully saturated rings. The third kappa shape index (κ3) is 4.26. The topological polar surface area (TPSA) is 50.6 Å². The molecule has 1 saturated heterocycles. The van der Waals surface area contributed by atoms with Crippen molar-refractivity contribution >= 4 is 23.2 Å². The summed E-state index contributed by atoms with van der Waals surface area (Å²) >= 11 is 6.10. The third-order valence-electron chi connectivity index (χ3n) is 5.01. The first-order chi connectivity index (χ1) is 14.5. The normalized spacial score (nSPS) is 14.1. The molecule has 2 aromatic carbocycles. The summed E-state index contributed by atoms with van der Waals surface area (Å²) in [7, 11) is 0. The Morgan fingerprint density at radius 3 is 2.50 bits per heavy atom. The first kappa shape index (κ1) is 20.2. The van der Waals surface area contributed by atoms with Gasteiger partial charge in [-0.2, -0.15) is 5.10 Å². The van der Waals surface area contributed by atoms with Gasteiger partial charge in [0.05, 0.1) is 18.5 Å². The van der Waals surface area contributed by atoms with Crippen molar-refractivity contribution < 1.29 is 13.9 Å². The molecule has 1 aliphatic rings. The minimum atomic E-state index is -0.329. The third-order valence-corrected chi connectivity index (χ3v) is 5.25. The maximum atomic E-state index is 13.2. The fraction of sp³-hybridized carbons (Fsp3) is 0.273. The molecule has 30 heavy (non-hydrogen) atoms. The Morgan fingerprint density at radius 1 is 1.10 bits per heavy atom. The zero-order valence-corrected chi connectivity index (χ0v) is 17.3. The molecule has 0 unspecified atom stereocenters. The summed E-state index contributed by atoms with van der Waals surface area (Å²) in [5, 5.41) is 5.13. The van der Waals surface area contributed by atoms with Gasteiger partial charge in [-0.25, -0.2) is 9.07 Å². The Labute approximate surface area is 179 Å². The Kier molecular flexibility index (Phi) is 5.90. The van der Waals surface area contributed by atoms with E-state index in [-0.39, 0.29) is 17.4 Å². The first-order valence-corrected chi connectivity index (χ1v) is 10.2. The molecule has 0 radical (unpaired) electrons. The van der Waals surface area contributed by atoms with Crippen molar-refractivity contribution in [3.8, 4) is 11.4 Å². The summed E-state index contributed by atoms with van der Waals surface area (Å²) in [4.78, 5) is 17.1. The maximum Gasteiger partial charge on any atom is 0.278 e. The van der Waals surface area contributed by atoms with Crippen molar-refractivity contribution in [1.82, 2.24) is 14.7 Å². The lowest BCUT2D eigenvalue weighted by Crippen LogP contribution is -2.49. The van der Waals surface area contributed by atoms with Gasteiger partial charge in [0, 0.05) is 36.9 Å². The molecule has 0 bridgehead atoms. The van der Waals surface area contributed by atoms with Crippen LogP contribution in [0.15, 0.2) is 54.7 Å². The van der Waals surface area contributed by atoms with Crippen LogP contribution in [-0.4, -0.2) is 53.4 Å². The molecule has 8 heteroatoms. The molecule has 0 saturated carbocycles. The molecule has 1 amide bonds. The number of nitrogens with zero attached hydrogens (tertiary/aromatic N) is 4. The van der Waals surface area contributed by atoms with Gasteiger partial charge in [0.1, 0.15) is 5.82 Å². The summed E-state index contributed by atoms with van der Waals surface area (Å²) in [5.41, 5.74) is 1.96. The van der Waals surface area contributed by atoms with Crippen LogP contribution in [-0.2, 0) is 0 Å². The zero-order chi connectivity index (χ0) is 21.1. The van der Waals surface area contributed by atoms with Crippen LogP contribution in [0.2, 0.25) is 5.02 Å². The lowest BCUT2D eigenvalue weighted by atomic mass is 10.2. The van der Waals surface area contributed by atoms with Crippen molar-refractivity contribution in [3.63, 3.8) is 0 Å². The van der Waals surface area contributed by atoms with Gasteiger partial charge in [-0.15, -0.1) is 0 Å². The van der Waals surface area contributed by atoms with Crippen LogP contribution in [0.3, 0.4) is 0 Å². The molecule has 0 atom stereocenters. The van der Waals surface area contributed by atoms with Crippen LogP contribution in [0.25, 0.3) is 5.69 Å². The highest BCUT2D eigenvalue weighted by atomic mass is 35.5. The number of carbonyl (C=O) groups is 1. The van der Waals surface area contributed by atoms with E-state index in [0.29, 0.717) is 49.2 Å². The van der Waals surface area contributed by atoms with Crippen molar-refractivity contribution in [3.05, 3.63) is 71.3 Å². The predicted molar refractivity (Wildman–Crippen MR) is 114 cm³/mol. The van der Waals surface area contributed by atoms with E-state index in [1.807, 2.05) is 31.2 Å². The van der Waals surface area contributed by atoms with Crippen LogP contribution in [0.1, 0.15) is 17.4 Å². The molecule has 0 aliphatic carbocycles. The number of piperazine rings is 1. The fourth-order valence-corrected chi connectivity index (χ4v) is 3.67. The molecule has 1 aliphatic heterocycles. The number of halogens is 2. The molecule has 1 aromatic heterocycles. The second-order valence-corrected chi connectivity index (χ2v) is 7.39. The lowest BCUT2D eigenvalue weighted by Gasteiger charge is -2.36. The molecular formula is C22H22ClFN4O2. The highest BCUT2D eigenvalue weighted by Gasteiger charge is 2.27. The molecule has 0 N–H and O–H groups in total. The van der Waals surface area contributed by atoms with Crippen LogP contribution in [0.4, 0.5) is 10.1 Å².